The quantitative estimate of drug-likeness (QED) is 0.856. The first-order chi connectivity index (χ1) is 12.1. The van der Waals surface area contributed by atoms with Gasteiger partial charge in [-0.3, -0.25) is 9.69 Å². The Bertz CT molecular complexity index is 731. The van der Waals surface area contributed by atoms with Crippen molar-refractivity contribution in [1.29, 1.82) is 0 Å². The highest BCUT2D eigenvalue weighted by Crippen LogP contribution is 2.38. The normalized spacial score (nSPS) is 25.9. The van der Waals surface area contributed by atoms with Crippen LogP contribution in [0.3, 0.4) is 0 Å². The van der Waals surface area contributed by atoms with E-state index in [0.717, 1.165) is 24.9 Å². The van der Waals surface area contributed by atoms with Gasteiger partial charge in [0.15, 0.2) is 0 Å². The maximum absolute atomic E-state index is 12.7. The predicted molar refractivity (Wildman–Crippen MR) is 92.9 cm³/mol. The fraction of sp³-hybridized carbons (Fsp3) is 0.526. The van der Waals surface area contributed by atoms with E-state index in [1.165, 1.54) is 12.8 Å². The van der Waals surface area contributed by atoms with Crippen LogP contribution in [0.2, 0.25) is 0 Å². The molecule has 2 fully saturated rings. The summed E-state index contributed by atoms with van der Waals surface area (Å²) in [7, 11) is 1.94. The SMILES string of the molecule is Cc1nnc(CN2C3CCC2CC(N(C)C(=O)c2ccccc2)C3)o1. The van der Waals surface area contributed by atoms with Crippen LogP contribution < -0.4 is 0 Å². The summed E-state index contributed by atoms with van der Waals surface area (Å²) in [5, 5.41) is 8.06. The van der Waals surface area contributed by atoms with E-state index in [0.29, 0.717) is 29.9 Å². The number of hydrogen-bond donors (Lipinski definition) is 0. The number of fused-ring (bicyclic) bond motifs is 2. The Kier molecular flexibility index (Phi) is 4.29. The Hall–Kier alpha value is -2.21. The highest BCUT2D eigenvalue weighted by atomic mass is 16.4. The molecular formula is C19H24N4O2. The van der Waals surface area contributed by atoms with E-state index >= 15 is 0 Å². The van der Waals surface area contributed by atoms with Crippen molar-refractivity contribution in [3.63, 3.8) is 0 Å². The van der Waals surface area contributed by atoms with Gasteiger partial charge in [0.2, 0.25) is 11.8 Å². The number of nitrogens with zero attached hydrogens (tertiary/aromatic N) is 4. The number of hydrogen-bond acceptors (Lipinski definition) is 5. The molecule has 0 saturated carbocycles. The Morgan fingerprint density at radius 3 is 2.48 bits per heavy atom. The van der Waals surface area contributed by atoms with E-state index in [9.17, 15) is 4.79 Å². The standard InChI is InChI=1S/C19H24N4O2/c1-13-20-21-18(25-13)12-23-15-8-9-16(23)11-17(10-15)22(2)19(24)14-6-4-3-5-7-14/h3-7,15-17H,8-12H2,1-2H3. The van der Waals surface area contributed by atoms with Crippen LogP contribution in [0.4, 0.5) is 0 Å². The first kappa shape index (κ1) is 16.3. The number of carbonyl (C=O) groups excluding carboxylic acids is 1. The molecule has 6 heteroatoms. The molecule has 6 nitrogen and oxygen atoms in total. The Labute approximate surface area is 147 Å². The largest absolute Gasteiger partial charge is 0.424 e. The van der Waals surface area contributed by atoms with Crippen LogP contribution in [0.25, 0.3) is 0 Å². The number of piperidine rings is 1. The minimum atomic E-state index is 0.117. The molecule has 2 aromatic rings. The highest BCUT2D eigenvalue weighted by molar-refractivity contribution is 5.94. The Morgan fingerprint density at radius 1 is 1.20 bits per heavy atom. The monoisotopic (exact) mass is 340 g/mol. The molecule has 1 amide bonds. The molecule has 0 spiro atoms. The minimum absolute atomic E-state index is 0.117. The average Bonchev–Trinajstić information content (AvgIpc) is 3.13. The van der Waals surface area contributed by atoms with Crippen molar-refractivity contribution in [2.75, 3.05) is 7.05 Å². The van der Waals surface area contributed by atoms with Gasteiger partial charge in [-0.2, -0.15) is 0 Å². The zero-order valence-corrected chi connectivity index (χ0v) is 14.8. The summed E-state index contributed by atoms with van der Waals surface area (Å²) in [6.45, 7) is 2.54. The molecule has 132 valence electrons. The molecule has 3 heterocycles. The van der Waals surface area contributed by atoms with Crippen LogP contribution in [0.1, 0.15) is 47.8 Å². The molecule has 1 aromatic carbocycles. The maximum atomic E-state index is 12.7. The lowest BCUT2D eigenvalue weighted by Crippen LogP contribution is -2.50. The fourth-order valence-corrected chi connectivity index (χ4v) is 4.33. The van der Waals surface area contributed by atoms with Gasteiger partial charge in [-0.15, -0.1) is 10.2 Å². The van der Waals surface area contributed by atoms with Crippen molar-refractivity contribution in [3.05, 3.63) is 47.7 Å². The summed E-state index contributed by atoms with van der Waals surface area (Å²) in [6, 6.07) is 10.8. The van der Waals surface area contributed by atoms with Gasteiger partial charge >= 0.3 is 0 Å². The Morgan fingerprint density at radius 2 is 1.88 bits per heavy atom. The van der Waals surface area contributed by atoms with E-state index in [4.69, 9.17) is 4.42 Å². The maximum Gasteiger partial charge on any atom is 0.253 e. The van der Waals surface area contributed by atoms with Crippen molar-refractivity contribution in [2.24, 2.45) is 0 Å². The third-order valence-electron chi connectivity index (χ3n) is 5.63. The number of carbonyl (C=O) groups is 1. The van der Waals surface area contributed by atoms with Gasteiger partial charge in [0.05, 0.1) is 6.54 Å². The predicted octanol–water partition coefficient (Wildman–Crippen LogP) is 2.65. The summed E-state index contributed by atoms with van der Waals surface area (Å²) < 4.78 is 5.55. The van der Waals surface area contributed by atoms with E-state index in [-0.39, 0.29) is 5.91 Å². The Balaban J connectivity index is 1.43. The van der Waals surface area contributed by atoms with Crippen LogP contribution in [-0.2, 0) is 6.54 Å². The van der Waals surface area contributed by atoms with Gasteiger partial charge < -0.3 is 9.32 Å². The zero-order valence-electron chi connectivity index (χ0n) is 14.8. The third kappa shape index (κ3) is 3.18. The molecule has 0 N–H and O–H groups in total. The zero-order chi connectivity index (χ0) is 17.4. The van der Waals surface area contributed by atoms with Crippen molar-refractivity contribution in [3.8, 4) is 0 Å². The smallest absolute Gasteiger partial charge is 0.253 e. The topological polar surface area (TPSA) is 62.5 Å². The summed E-state index contributed by atoms with van der Waals surface area (Å²) in [4.78, 5) is 17.2. The van der Waals surface area contributed by atoms with E-state index in [2.05, 4.69) is 15.1 Å². The number of aryl methyl sites for hydroxylation is 1. The van der Waals surface area contributed by atoms with Crippen molar-refractivity contribution in [1.82, 2.24) is 20.0 Å². The molecule has 2 aliphatic rings. The summed E-state index contributed by atoms with van der Waals surface area (Å²) in [6.07, 6.45) is 4.39. The van der Waals surface area contributed by atoms with Gasteiger partial charge in [0, 0.05) is 37.7 Å². The van der Waals surface area contributed by atoms with Gasteiger partial charge in [-0.25, -0.2) is 0 Å². The van der Waals surface area contributed by atoms with Gasteiger partial charge in [-0.05, 0) is 37.8 Å². The van der Waals surface area contributed by atoms with E-state index in [1.807, 2.05) is 49.2 Å². The first-order valence-electron chi connectivity index (χ1n) is 8.98. The van der Waals surface area contributed by atoms with Crippen LogP contribution >= 0.6 is 0 Å². The number of rotatable bonds is 4. The average molecular weight is 340 g/mol. The first-order valence-corrected chi connectivity index (χ1v) is 8.98. The summed E-state index contributed by atoms with van der Waals surface area (Å²) in [5.74, 6) is 1.43. The third-order valence-corrected chi connectivity index (χ3v) is 5.63. The van der Waals surface area contributed by atoms with Gasteiger partial charge in [0.1, 0.15) is 0 Å². The second-order valence-electron chi connectivity index (χ2n) is 7.18. The van der Waals surface area contributed by atoms with Crippen molar-refractivity contribution in [2.45, 2.75) is 57.3 Å². The van der Waals surface area contributed by atoms with Crippen molar-refractivity contribution < 1.29 is 9.21 Å². The van der Waals surface area contributed by atoms with Crippen LogP contribution in [0.15, 0.2) is 34.7 Å². The molecule has 1 aromatic heterocycles. The molecule has 0 radical (unpaired) electrons. The molecule has 2 aliphatic heterocycles. The van der Waals surface area contributed by atoms with Crippen LogP contribution in [0, 0.1) is 6.92 Å². The highest BCUT2D eigenvalue weighted by Gasteiger charge is 2.43. The molecule has 2 unspecified atom stereocenters. The summed E-state index contributed by atoms with van der Waals surface area (Å²) >= 11 is 0. The molecule has 25 heavy (non-hydrogen) atoms. The van der Waals surface area contributed by atoms with Crippen molar-refractivity contribution >= 4 is 5.91 Å². The van der Waals surface area contributed by atoms with E-state index < -0.39 is 0 Å². The minimum Gasteiger partial charge on any atom is -0.424 e. The lowest BCUT2D eigenvalue weighted by molar-refractivity contribution is 0.0449. The second-order valence-corrected chi connectivity index (χ2v) is 7.18. The molecule has 2 atom stereocenters. The lowest BCUT2D eigenvalue weighted by Gasteiger charge is -2.41. The molecular weight excluding hydrogens is 316 g/mol. The van der Waals surface area contributed by atoms with Crippen LogP contribution in [0.5, 0.6) is 0 Å². The molecule has 0 aliphatic carbocycles. The molecule has 2 saturated heterocycles. The number of benzene rings is 1. The van der Waals surface area contributed by atoms with Crippen LogP contribution in [-0.4, -0.2) is 51.1 Å². The number of aromatic nitrogens is 2. The summed E-state index contributed by atoms with van der Waals surface area (Å²) in [5.41, 5.74) is 0.765. The van der Waals surface area contributed by atoms with E-state index in [1.54, 1.807) is 0 Å². The second kappa shape index (κ2) is 6.59. The lowest BCUT2D eigenvalue weighted by atomic mass is 9.95. The molecule has 4 rings (SSSR count). The van der Waals surface area contributed by atoms with Gasteiger partial charge in [0.25, 0.3) is 5.91 Å². The van der Waals surface area contributed by atoms with Gasteiger partial charge in [-0.1, -0.05) is 18.2 Å². The molecule has 2 bridgehead atoms. The number of amides is 1. The fourth-order valence-electron chi connectivity index (χ4n) is 4.33.